The second-order valence-corrected chi connectivity index (χ2v) is 7.75. The first-order chi connectivity index (χ1) is 11.9. The normalized spacial score (nSPS) is 11.2. The van der Waals surface area contributed by atoms with Gasteiger partial charge in [0.1, 0.15) is 6.54 Å². The summed E-state index contributed by atoms with van der Waals surface area (Å²) in [7, 11) is -3.70. The number of carbonyl (C=O) groups is 1. The zero-order valence-corrected chi connectivity index (χ0v) is 14.8. The highest BCUT2D eigenvalue weighted by Crippen LogP contribution is 2.19. The van der Waals surface area contributed by atoms with Crippen molar-refractivity contribution >= 4 is 38.1 Å². The van der Waals surface area contributed by atoms with Gasteiger partial charge in [0.05, 0.1) is 10.6 Å². The number of aryl methyl sites for hydroxylation is 1. The summed E-state index contributed by atoms with van der Waals surface area (Å²) in [6.45, 7) is 1.92. The molecule has 3 aromatic rings. The zero-order valence-electron chi connectivity index (χ0n) is 13.2. The fourth-order valence-corrected chi connectivity index (χ4v) is 3.85. The van der Waals surface area contributed by atoms with Crippen LogP contribution in [0.2, 0.25) is 0 Å². The fraction of sp³-hybridized carbons (Fsp3) is 0.133. The Hall–Kier alpha value is -2.72. The maximum atomic E-state index is 12.2. The largest absolute Gasteiger partial charge is 0.324 e. The van der Waals surface area contributed by atoms with E-state index >= 15 is 0 Å². The van der Waals surface area contributed by atoms with Crippen LogP contribution in [-0.2, 0) is 21.4 Å². The average Bonchev–Trinajstić information content (AvgIpc) is 3.19. The molecule has 0 aliphatic carbocycles. The lowest BCUT2D eigenvalue weighted by Gasteiger charge is -2.08. The second-order valence-electron chi connectivity index (χ2n) is 5.17. The van der Waals surface area contributed by atoms with Gasteiger partial charge in [0, 0.05) is 23.5 Å². The van der Waals surface area contributed by atoms with Gasteiger partial charge in [-0.2, -0.15) is 5.10 Å². The summed E-state index contributed by atoms with van der Waals surface area (Å²) in [6.07, 6.45) is 3.23. The van der Waals surface area contributed by atoms with E-state index in [9.17, 15) is 13.2 Å². The van der Waals surface area contributed by atoms with Crippen molar-refractivity contribution in [2.24, 2.45) is 0 Å². The lowest BCUT2D eigenvalue weighted by atomic mass is 10.3. The Morgan fingerprint density at radius 3 is 2.60 bits per heavy atom. The van der Waals surface area contributed by atoms with Crippen molar-refractivity contribution in [3.63, 3.8) is 0 Å². The highest BCUT2D eigenvalue weighted by molar-refractivity contribution is 7.93. The molecule has 0 spiro atoms. The summed E-state index contributed by atoms with van der Waals surface area (Å²) in [5.41, 5.74) is 1.33. The minimum Gasteiger partial charge on any atom is -0.324 e. The van der Waals surface area contributed by atoms with Gasteiger partial charge >= 0.3 is 0 Å². The molecular weight excluding hydrogens is 362 g/mol. The van der Waals surface area contributed by atoms with Crippen molar-refractivity contribution < 1.29 is 13.2 Å². The maximum Gasteiger partial charge on any atom is 0.263 e. The molecule has 0 fully saturated rings. The molecule has 25 heavy (non-hydrogen) atoms. The number of nitrogens with one attached hydrogen (secondary N) is 2. The van der Waals surface area contributed by atoms with Crippen molar-refractivity contribution in [3.05, 3.63) is 53.8 Å². The number of benzene rings is 1. The predicted molar refractivity (Wildman–Crippen MR) is 95.0 cm³/mol. The average molecular weight is 377 g/mol. The molecule has 0 bridgehead atoms. The first kappa shape index (κ1) is 17.1. The number of aromatic nitrogens is 3. The van der Waals surface area contributed by atoms with E-state index < -0.39 is 10.0 Å². The molecule has 0 atom stereocenters. The monoisotopic (exact) mass is 377 g/mol. The highest BCUT2D eigenvalue weighted by Gasteiger charge is 2.15. The van der Waals surface area contributed by atoms with E-state index in [1.54, 1.807) is 11.6 Å². The highest BCUT2D eigenvalue weighted by atomic mass is 32.2. The Bertz CT molecular complexity index is 963. The molecule has 0 saturated carbocycles. The number of thiazole rings is 1. The molecule has 0 radical (unpaired) electrons. The minimum atomic E-state index is -3.70. The van der Waals surface area contributed by atoms with Crippen molar-refractivity contribution in [1.82, 2.24) is 14.8 Å². The van der Waals surface area contributed by atoms with Crippen LogP contribution in [0, 0.1) is 6.92 Å². The Morgan fingerprint density at radius 2 is 2.00 bits per heavy atom. The van der Waals surface area contributed by atoms with Crippen LogP contribution < -0.4 is 10.0 Å². The van der Waals surface area contributed by atoms with Crippen LogP contribution >= 0.6 is 11.3 Å². The summed E-state index contributed by atoms with van der Waals surface area (Å²) in [5, 5.41) is 8.81. The quantitative estimate of drug-likeness (QED) is 0.684. The number of rotatable bonds is 6. The topological polar surface area (TPSA) is 106 Å². The smallest absolute Gasteiger partial charge is 0.263 e. The van der Waals surface area contributed by atoms with Crippen LogP contribution in [0.15, 0.2) is 53.0 Å². The van der Waals surface area contributed by atoms with E-state index in [1.165, 1.54) is 46.5 Å². The molecule has 0 aliphatic heterocycles. The molecule has 0 aliphatic rings. The first-order valence-corrected chi connectivity index (χ1v) is 9.61. The summed E-state index contributed by atoms with van der Waals surface area (Å²) in [5.74, 6) is -0.250. The molecule has 2 aromatic heterocycles. The SMILES string of the molecule is Cc1ccn(CC(=O)Nc2ccc(S(=O)(=O)Nc3nccs3)cc2)n1. The molecule has 8 nitrogen and oxygen atoms in total. The van der Waals surface area contributed by atoms with Crippen LogP contribution in [0.4, 0.5) is 10.8 Å². The van der Waals surface area contributed by atoms with Crippen molar-refractivity contribution in [1.29, 1.82) is 0 Å². The van der Waals surface area contributed by atoms with E-state index in [0.717, 1.165) is 5.69 Å². The molecule has 1 aromatic carbocycles. The molecule has 3 rings (SSSR count). The Morgan fingerprint density at radius 1 is 1.24 bits per heavy atom. The number of hydrogen-bond donors (Lipinski definition) is 2. The van der Waals surface area contributed by atoms with Crippen LogP contribution in [0.1, 0.15) is 5.69 Å². The molecular formula is C15H15N5O3S2. The van der Waals surface area contributed by atoms with E-state index in [4.69, 9.17) is 0 Å². The number of hydrogen-bond acceptors (Lipinski definition) is 6. The van der Waals surface area contributed by atoms with Gasteiger partial charge < -0.3 is 5.32 Å². The number of sulfonamides is 1. The summed E-state index contributed by atoms with van der Waals surface area (Å²) < 4.78 is 28.4. The summed E-state index contributed by atoms with van der Waals surface area (Å²) in [6, 6.07) is 7.71. The molecule has 2 heterocycles. The maximum absolute atomic E-state index is 12.2. The number of carbonyl (C=O) groups excluding carboxylic acids is 1. The molecule has 1 amide bonds. The van der Waals surface area contributed by atoms with Gasteiger partial charge in [-0.25, -0.2) is 13.4 Å². The van der Waals surface area contributed by atoms with Gasteiger partial charge in [0.25, 0.3) is 10.0 Å². The van der Waals surface area contributed by atoms with Crippen LogP contribution in [0.5, 0.6) is 0 Å². The fourth-order valence-electron chi connectivity index (χ4n) is 2.06. The van der Waals surface area contributed by atoms with E-state index in [2.05, 4.69) is 20.1 Å². The molecule has 130 valence electrons. The number of anilines is 2. The Kier molecular flexibility index (Phi) is 4.81. The van der Waals surface area contributed by atoms with Gasteiger partial charge in [0.2, 0.25) is 5.91 Å². The van der Waals surface area contributed by atoms with Gasteiger partial charge in [-0.15, -0.1) is 11.3 Å². The van der Waals surface area contributed by atoms with Gasteiger partial charge in [0.15, 0.2) is 5.13 Å². The summed E-state index contributed by atoms with van der Waals surface area (Å²) in [4.78, 5) is 16.0. The van der Waals surface area contributed by atoms with Crippen LogP contribution in [0.3, 0.4) is 0 Å². The van der Waals surface area contributed by atoms with Gasteiger partial charge in [-0.3, -0.25) is 14.2 Å². The predicted octanol–water partition coefficient (Wildman–Crippen LogP) is 2.09. The molecule has 10 heteroatoms. The molecule has 2 N–H and O–H groups in total. The lowest BCUT2D eigenvalue weighted by Crippen LogP contribution is -2.19. The standard InChI is InChI=1S/C15H15N5O3S2/c1-11-6-8-20(18-11)10-14(21)17-12-2-4-13(5-3-12)25(22,23)19-15-16-7-9-24-15/h2-9H,10H2,1H3,(H,16,19)(H,17,21). The van der Waals surface area contributed by atoms with E-state index in [0.29, 0.717) is 10.8 Å². The zero-order chi connectivity index (χ0) is 17.9. The van der Waals surface area contributed by atoms with E-state index in [1.807, 2.05) is 13.0 Å². The first-order valence-electron chi connectivity index (χ1n) is 7.25. The number of nitrogens with zero attached hydrogens (tertiary/aromatic N) is 3. The Balaban J connectivity index is 1.64. The van der Waals surface area contributed by atoms with Crippen molar-refractivity contribution in [3.8, 4) is 0 Å². The second kappa shape index (κ2) is 7.03. The van der Waals surface area contributed by atoms with E-state index in [-0.39, 0.29) is 17.3 Å². The van der Waals surface area contributed by atoms with Gasteiger partial charge in [-0.05, 0) is 37.3 Å². The van der Waals surface area contributed by atoms with Crippen molar-refractivity contribution in [2.75, 3.05) is 10.0 Å². The van der Waals surface area contributed by atoms with Crippen LogP contribution in [-0.4, -0.2) is 29.1 Å². The molecule has 0 saturated heterocycles. The lowest BCUT2D eigenvalue weighted by molar-refractivity contribution is -0.116. The van der Waals surface area contributed by atoms with Crippen LogP contribution in [0.25, 0.3) is 0 Å². The summed E-state index contributed by atoms with van der Waals surface area (Å²) >= 11 is 1.19. The van der Waals surface area contributed by atoms with Gasteiger partial charge in [-0.1, -0.05) is 0 Å². The van der Waals surface area contributed by atoms with Crippen molar-refractivity contribution in [2.45, 2.75) is 18.4 Å². The third-order valence-electron chi connectivity index (χ3n) is 3.18. The molecule has 0 unspecified atom stereocenters. The Labute approximate surface area is 148 Å². The third kappa shape index (κ3) is 4.43. The number of amides is 1. The minimum absolute atomic E-state index is 0.0828. The third-order valence-corrected chi connectivity index (χ3v) is 5.35.